The molecule has 7 heteroatoms. The zero-order valence-corrected chi connectivity index (χ0v) is 15.5. The minimum atomic E-state index is -0.907. The first-order valence-electron chi connectivity index (χ1n) is 9.76. The second-order valence-corrected chi connectivity index (χ2v) is 7.50. The minimum Gasteiger partial charge on any atom is -0.356 e. The molecule has 0 unspecified atom stereocenters. The molecule has 1 heterocycles. The SMILES string of the molecule is O=C(C[C@H]1C(=O)NCCN1Cc1cccc(F)c1F)NCC1CCCCC1. The van der Waals surface area contributed by atoms with Gasteiger partial charge in [0.2, 0.25) is 11.8 Å². The number of hydrogen-bond donors (Lipinski definition) is 2. The lowest BCUT2D eigenvalue weighted by Gasteiger charge is -2.35. The van der Waals surface area contributed by atoms with E-state index in [2.05, 4.69) is 10.6 Å². The molecule has 1 aliphatic carbocycles. The standard InChI is InChI=1S/C20H27F2N3O2/c21-16-8-4-7-15(19(16)22)13-25-10-9-23-20(27)17(25)11-18(26)24-12-14-5-2-1-3-6-14/h4,7-8,14,17H,1-3,5-6,9-13H2,(H,23,27)(H,24,26)/t17-/m0/s1. The Morgan fingerprint density at radius 3 is 2.78 bits per heavy atom. The van der Waals surface area contributed by atoms with Crippen LogP contribution in [0.5, 0.6) is 0 Å². The molecule has 1 atom stereocenters. The molecule has 1 aromatic rings. The van der Waals surface area contributed by atoms with Gasteiger partial charge in [0.05, 0.1) is 12.5 Å². The molecule has 1 aromatic carbocycles. The number of carbonyl (C=O) groups excluding carboxylic acids is 2. The Hall–Kier alpha value is -2.02. The van der Waals surface area contributed by atoms with Crippen LogP contribution in [0.25, 0.3) is 0 Å². The summed E-state index contributed by atoms with van der Waals surface area (Å²) in [5.74, 6) is -1.71. The molecule has 1 aliphatic heterocycles. The number of piperazine rings is 1. The first-order chi connectivity index (χ1) is 13.0. The maximum absolute atomic E-state index is 14.0. The van der Waals surface area contributed by atoms with Gasteiger partial charge in [-0.25, -0.2) is 8.78 Å². The van der Waals surface area contributed by atoms with Gasteiger partial charge in [0.1, 0.15) is 0 Å². The molecule has 2 fully saturated rings. The third-order valence-electron chi connectivity index (χ3n) is 5.54. The molecule has 5 nitrogen and oxygen atoms in total. The van der Waals surface area contributed by atoms with E-state index in [0.717, 1.165) is 18.9 Å². The van der Waals surface area contributed by atoms with Crippen molar-refractivity contribution in [1.82, 2.24) is 15.5 Å². The van der Waals surface area contributed by atoms with E-state index in [1.54, 1.807) is 4.90 Å². The zero-order chi connectivity index (χ0) is 19.2. The van der Waals surface area contributed by atoms with Gasteiger partial charge in [-0.15, -0.1) is 0 Å². The fourth-order valence-electron chi connectivity index (χ4n) is 3.96. The van der Waals surface area contributed by atoms with Crippen molar-refractivity contribution in [1.29, 1.82) is 0 Å². The smallest absolute Gasteiger partial charge is 0.237 e. The van der Waals surface area contributed by atoms with Gasteiger partial charge in [-0.05, 0) is 24.8 Å². The largest absolute Gasteiger partial charge is 0.356 e. The van der Waals surface area contributed by atoms with E-state index in [4.69, 9.17) is 0 Å². The summed E-state index contributed by atoms with van der Waals surface area (Å²) in [5, 5.41) is 5.70. The number of carbonyl (C=O) groups is 2. The van der Waals surface area contributed by atoms with Gasteiger partial charge >= 0.3 is 0 Å². The van der Waals surface area contributed by atoms with Crippen molar-refractivity contribution in [3.8, 4) is 0 Å². The van der Waals surface area contributed by atoms with Crippen molar-refractivity contribution in [3.05, 3.63) is 35.4 Å². The van der Waals surface area contributed by atoms with E-state index in [-0.39, 0.29) is 30.3 Å². The molecule has 148 valence electrons. The molecule has 2 amide bonds. The lowest BCUT2D eigenvalue weighted by molar-refractivity contribution is -0.134. The molecule has 0 bridgehead atoms. The number of amides is 2. The lowest BCUT2D eigenvalue weighted by Crippen LogP contribution is -2.56. The monoisotopic (exact) mass is 379 g/mol. The van der Waals surface area contributed by atoms with Gasteiger partial charge in [0, 0.05) is 31.7 Å². The Balaban J connectivity index is 1.59. The maximum atomic E-state index is 14.0. The van der Waals surface area contributed by atoms with E-state index in [9.17, 15) is 18.4 Å². The number of rotatable bonds is 6. The van der Waals surface area contributed by atoms with E-state index < -0.39 is 17.7 Å². The van der Waals surface area contributed by atoms with Crippen LogP contribution in [0.2, 0.25) is 0 Å². The summed E-state index contributed by atoms with van der Waals surface area (Å²) in [4.78, 5) is 26.4. The molecule has 27 heavy (non-hydrogen) atoms. The highest BCUT2D eigenvalue weighted by Gasteiger charge is 2.32. The summed E-state index contributed by atoms with van der Waals surface area (Å²) >= 11 is 0. The van der Waals surface area contributed by atoms with Crippen LogP contribution < -0.4 is 10.6 Å². The van der Waals surface area contributed by atoms with Crippen LogP contribution in [-0.4, -0.2) is 42.4 Å². The van der Waals surface area contributed by atoms with Crippen molar-refractivity contribution in [3.63, 3.8) is 0 Å². The van der Waals surface area contributed by atoms with Crippen LogP contribution in [0.3, 0.4) is 0 Å². The Kier molecular flexibility index (Phi) is 6.77. The molecule has 0 spiro atoms. The van der Waals surface area contributed by atoms with Crippen LogP contribution in [0.15, 0.2) is 18.2 Å². The predicted octanol–water partition coefficient (Wildman–Crippen LogP) is 2.35. The van der Waals surface area contributed by atoms with Gasteiger partial charge in [0.25, 0.3) is 0 Å². The quantitative estimate of drug-likeness (QED) is 0.798. The summed E-state index contributed by atoms with van der Waals surface area (Å²) in [6.07, 6.45) is 5.97. The van der Waals surface area contributed by atoms with E-state index in [1.165, 1.54) is 31.4 Å². The number of nitrogens with zero attached hydrogens (tertiary/aromatic N) is 1. The average molecular weight is 379 g/mol. The molecule has 2 aliphatic rings. The summed E-state index contributed by atoms with van der Waals surface area (Å²) in [7, 11) is 0. The highest BCUT2D eigenvalue weighted by Crippen LogP contribution is 2.23. The number of nitrogens with one attached hydrogen (secondary N) is 2. The Morgan fingerprint density at radius 1 is 1.22 bits per heavy atom. The fourth-order valence-corrected chi connectivity index (χ4v) is 3.96. The van der Waals surface area contributed by atoms with Gasteiger partial charge in [-0.3, -0.25) is 14.5 Å². The third kappa shape index (κ3) is 5.25. The second-order valence-electron chi connectivity index (χ2n) is 7.50. The summed E-state index contributed by atoms with van der Waals surface area (Å²) in [6.45, 7) is 1.65. The maximum Gasteiger partial charge on any atom is 0.237 e. The molecular formula is C20H27F2N3O2. The fraction of sp³-hybridized carbons (Fsp3) is 0.600. The minimum absolute atomic E-state index is 0.0233. The predicted molar refractivity (Wildman–Crippen MR) is 97.8 cm³/mol. The molecular weight excluding hydrogens is 352 g/mol. The average Bonchev–Trinajstić information content (AvgIpc) is 2.67. The Bertz CT molecular complexity index is 677. The van der Waals surface area contributed by atoms with E-state index in [0.29, 0.717) is 25.6 Å². The van der Waals surface area contributed by atoms with Crippen molar-refractivity contribution >= 4 is 11.8 Å². The third-order valence-corrected chi connectivity index (χ3v) is 5.54. The zero-order valence-electron chi connectivity index (χ0n) is 15.5. The Morgan fingerprint density at radius 2 is 2.00 bits per heavy atom. The van der Waals surface area contributed by atoms with Gasteiger partial charge in [0.15, 0.2) is 11.6 Å². The van der Waals surface area contributed by atoms with Crippen molar-refractivity contribution in [2.24, 2.45) is 5.92 Å². The van der Waals surface area contributed by atoms with E-state index >= 15 is 0 Å². The van der Waals surface area contributed by atoms with Crippen molar-refractivity contribution in [2.45, 2.75) is 51.1 Å². The Labute approximate surface area is 158 Å². The molecule has 3 rings (SSSR count). The lowest BCUT2D eigenvalue weighted by atomic mass is 9.89. The number of benzene rings is 1. The molecule has 1 saturated carbocycles. The van der Waals surface area contributed by atoms with Gasteiger partial charge in [-0.2, -0.15) is 0 Å². The summed E-state index contributed by atoms with van der Waals surface area (Å²) in [6, 6.07) is 3.35. The van der Waals surface area contributed by atoms with E-state index in [1.807, 2.05) is 0 Å². The van der Waals surface area contributed by atoms with Gasteiger partial charge in [-0.1, -0.05) is 31.4 Å². The van der Waals surface area contributed by atoms with Gasteiger partial charge < -0.3 is 10.6 Å². The van der Waals surface area contributed by atoms with Crippen LogP contribution in [-0.2, 0) is 16.1 Å². The second kappa shape index (κ2) is 9.26. The van der Waals surface area contributed by atoms with Crippen LogP contribution in [0.1, 0.15) is 44.1 Å². The first kappa shape index (κ1) is 19.7. The number of halogens is 2. The normalized spacial score (nSPS) is 21.7. The topological polar surface area (TPSA) is 61.4 Å². The molecule has 2 N–H and O–H groups in total. The number of hydrogen-bond acceptors (Lipinski definition) is 3. The molecule has 0 aromatic heterocycles. The summed E-state index contributed by atoms with van der Waals surface area (Å²) in [5.41, 5.74) is 0.192. The molecule has 1 saturated heterocycles. The highest BCUT2D eigenvalue weighted by molar-refractivity contribution is 5.88. The van der Waals surface area contributed by atoms with Crippen molar-refractivity contribution < 1.29 is 18.4 Å². The highest BCUT2D eigenvalue weighted by atomic mass is 19.2. The molecule has 0 radical (unpaired) electrons. The van der Waals surface area contributed by atoms with Crippen LogP contribution in [0, 0.1) is 17.6 Å². The van der Waals surface area contributed by atoms with Crippen LogP contribution >= 0.6 is 0 Å². The van der Waals surface area contributed by atoms with Crippen LogP contribution in [0.4, 0.5) is 8.78 Å². The summed E-state index contributed by atoms with van der Waals surface area (Å²) < 4.78 is 27.4. The first-order valence-corrected chi connectivity index (χ1v) is 9.76. The van der Waals surface area contributed by atoms with Crippen molar-refractivity contribution in [2.75, 3.05) is 19.6 Å².